The van der Waals surface area contributed by atoms with E-state index in [9.17, 15) is 4.79 Å². The second-order valence-corrected chi connectivity index (χ2v) is 5.15. The van der Waals surface area contributed by atoms with E-state index in [1.165, 1.54) is 0 Å². The van der Waals surface area contributed by atoms with E-state index in [1.807, 2.05) is 0 Å². The number of fused-ring (bicyclic) bond motifs is 1. The van der Waals surface area contributed by atoms with E-state index in [2.05, 4.69) is 6.58 Å². The summed E-state index contributed by atoms with van der Waals surface area (Å²) in [6.45, 7) is 5.95. The van der Waals surface area contributed by atoms with Crippen molar-refractivity contribution in [1.29, 1.82) is 0 Å². The van der Waals surface area contributed by atoms with Crippen LogP contribution in [0.25, 0.3) is 0 Å². The lowest BCUT2D eigenvalue weighted by molar-refractivity contribution is -0.382. The molecule has 4 heteroatoms. The van der Waals surface area contributed by atoms with E-state index < -0.39 is 0 Å². The van der Waals surface area contributed by atoms with Gasteiger partial charge in [-0.25, -0.2) is 14.6 Å². The minimum absolute atomic E-state index is 0.0548. The van der Waals surface area contributed by atoms with Crippen molar-refractivity contribution in [2.24, 2.45) is 17.8 Å². The second kappa shape index (κ2) is 3.57. The number of ether oxygens (including phenoxy) is 1. The van der Waals surface area contributed by atoms with Crippen LogP contribution in [0.3, 0.4) is 0 Å². The molecule has 88 valence electrons. The molecule has 1 aliphatic heterocycles. The van der Waals surface area contributed by atoms with Crippen molar-refractivity contribution in [1.82, 2.24) is 0 Å². The van der Waals surface area contributed by atoms with Gasteiger partial charge in [0.05, 0.1) is 6.61 Å². The molecule has 16 heavy (non-hydrogen) atoms. The van der Waals surface area contributed by atoms with Gasteiger partial charge in [0.25, 0.3) is 0 Å². The Balaban J connectivity index is 1.73. The highest BCUT2D eigenvalue weighted by molar-refractivity contribution is 5.87. The minimum atomic E-state index is -0.316. The van der Waals surface area contributed by atoms with Crippen molar-refractivity contribution in [2.75, 3.05) is 6.61 Å². The molecule has 5 unspecified atom stereocenters. The van der Waals surface area contributed by atoms with Crippen molar-refractivity contribution in [3.8, 4) is 0 Å². The molecule has 0 aromatic rings. The average molecular weight is 224 g/mol. The number of carbonyl (C=O) groups is 1. The summed E-state index contributed by atoms with van der Waals surface area (Å²) in [5, 5.41) is 0. The number of carbonyl (C=O) groups excluding carboxylic acids is 1. The van der Waals surface area contributed by atoms with Crippen molar-refractivity contribution >= 4 is 5.97 Å². The topological polar surface area (TPSA) is 44.8 Å². The first kappa shape index (κ1) is 10.3. The maximum absolute atomic E-state index is 11.5. The van der Waals surface area contributed by atoms with Crippen molar-refractivity contribution in [2.45, 2.75) is 32.0 Å². The van der Waals surface area contributed by atoms with Gasteiger partial charge in [0.15, 0.2) is 0 Å². The molecule has 1 saturated heterocycles. The lowest BCUT2D eigenvalue weighted by atomic mass is 9.85. The van der Waals surface area contributed by atoms with Crippen LogP contribution < -0.4 is 0 Å². The maximum Gasteiger partial charge on any atom is 0.333 e. The Labute approximate surface area is 94.5 Å². The summed E-state index contributed by atoms with van der Waals surface area (Å²) in [6, 6.07) is 0. The molecule has 0 N–H and O–H groups in total. The Kier molecular flexibility index (Phi) is 2.30. The Bertz CT molecular complexity index is 336. The largest absolute Gasteiger partial charge is 0.456 e. The zero-order chi connectivity index (χ0) is 11.3. The molecule has 0 aromatic carbocycles. The highest BCUT2D eigenvalue weighted by Crippen LogP contribution is 2.53. The van der Waals surface area contributed by atoms with E-state index in [0.717, 1.165) is 12.8 Å². The molecule has 3 fully saturated rings. The monoisotopic (exact) mass is 224 g/mol. The molecule has 5 atom stereocenters. The first-order valence-electron chi connectivity index (χ1n) is 5.81. The van der Waals surface area contributed by atoms with Gasteiger partial charge in [-0.15, -0.1) is 0 Å². The minimum Gasteiger partial charge on any atom is -0.456 e. The van der Waals surface area contributed by atoms with Crippen LogP contribution in [0.2, 0.25) is 0 Å². The smallest absolute Gasteiger partial charge is 0.333 e. The molecule has 0 spiro atoms. The van der Waals surface area contributed by atoms with Crippen LogP contribution in [-0.4, -0.2) is 24.8 Å². The maximum atomic E-state index is 11.5. The van der Waals surface area contributed by atoms with Crippen LogP contribution in [0.4, 0.5) is 0 Å². The highest BCUT2D eigenvalue weighted by Gasteiger charge is 2.57. The van der Waals surface area contributed by atoms with Crippen molar-refractivity contribution < 1.29 is 19.3 Å². The van der Waals surface area contributed by atoms with Gasteiger partial charge in [-0.3, -0.25) is 0 Å². The van der Waals surface area contributed by atoms with Gasteiger partial charge < -0.3 is 4.74 Å². The number of esters is 1. The van der Waals surface area contributed by atoms with Crippen LogP contribution in [0.5, 0.6) is 0 Å². The van der Waals surface area contributed by atoms with Crippen molar-refractivity contribution in [3.05, 3.63) is 12.2 Å². The van der Waals surface area contributed by atoms with E-state index in [1.54, 1.807) is 6.92 Å². The van der Waals surface area contributed by atoms with Crippen LogP contribution in [-0.2, 0) is 19.3 Å². The summed E-state index contributed by atoms with van der Waals surface area (Å²) in [6.07, 6.45) is 2.01. The fourth-order valence-corrected chi connectivity index (χ4v) is 3.29. The Hall–Kier alpha value is -0.870. The first-order chi connectivity index (χ1) is 7.66. The van der Waals surface area contributed by atoms with Gasteiger partial charge in [-0.1, -0.05) is 6.58 Å². The molecule has 0 aromatic heterocycles. The first-order valence-corrected chi connectivity index (χ1v) is 5.81. The lowest BCUT2D eigenvalue weighted by Gasteiger charge is -2.37. The lowest BCUT2D eigenvalue weighted by Crippen LogP contribution is -2.46. The highest BCUT2D eigenvalue weighted by atomic mass is 17.2. The number of hydrogen-bond acceptors (Lipinski definition) is 4. The van der Waals surface area contributed by atoms with Gasteiger partial charge in [-0.05, 0) is 37.5 Å². The molecule has 3 rings (SSSR count). The van der Waals surface area contributed by atoms with Gasteiger partial charge in [0.2, 0.25) is 0 Å². The summed E-state index contributed by atoms with van der Waals surface area (Å²) < 4.78 is 5.45. The standard InChI is InChI=1S/C12H16O4/c1-6(2)12(13)15-10-7-3-8-5-14-16-11(10)9(8)4-7/h7-11H,1,3-5H2,2H3. The fraction of sp³-hybridized carbons (Fsp3) is 0.750. The van der Waals surface area contributed by atoms with E-state index >= 15 is 0 Å². The third-order valence-electron chi connectivity index (χ3n) is 4.05. The summed E-state index contributed by atoms with van der Waals surface area (Å²) in [5.74, 6) is 1.25. The summed E-state index contributed by atoms with van der Waals surface area (Å²) >= 11 is 0. The zero-order valence-electron chi connectivity index (χ0n) is 9.35. The molecule has 4 nitrogen and oxygen atoms in total. The third-order valence-corrected chi connectivity index (χ3v) is 4.05. The van der Waals surface area contributed by atoms with Crippen LogP contribution in [0, 0.1) is 17.8 Å². The van der Waals surface area contributed by atoms with Gasteiger partial charge in [0.1, 0.15) is 12.2 Å². The third kappa shape index (κ3) is 1.40. The fourth-order valence-electron chi connectivity index (χ4n) is 3.29. The quantitative estimate of drug-likeness (QED) is 0.404. The molecule has 2 aliphatic carbocycles. The van der Waals surface area contributed by atoms with E-state index in [4.69, 9.17) is 14.5 Å². The summed E-state index contributed by atoms with van der Waals surface area (Å²) in [5.41, 5.74) is 0.441. The van der Waals surface area contributed by atoms with Crippen LogP contribution in [0.15, 0.2) is 12.2 Å². The SMILES string of the molecule is C=C(C)C(=O)OC1C2CC3COOC1C3C2. The number of hydrogen-bond donors (Lipinski definition) is 0. The molecule has 3 aliphatic rings. The Morgan fingerprint density at radius 2 is 2.19 bits per heavy atom. The predicted octanol–water partition coefficient (Wildman–Crippen LogP) is 1.46. The zero-order valence-corrected chi connectivity index (χ0v) is 9.35. The molecule has 0 amide bonds. The molecule has 1 heterocycles. The normalized spacial score (nSPS) is 44.4. The predicted molar refractivity (Wildman–Crippen MR) is 55.2 cm³/mol. The van der Waals surface area contributed by atoms with Crippen LogP contribution in [0.1, 0.15) is 19.8 Å². The summed E-state index contributed by atoms with van der Waals surface area (Å²) in [7, 11) is 0. The molecule has 2 bridgehead atoms. The molecule has 2 saturated carbocycles. The average Bonchev–Trinajstić information content (AvgIpc) is 2.79. The molecular weight excluding hydrogens is 208 g/mol. The molecule has 0 radical (unpaired) electrons. The van der Waals surface area contributed by atoms with Crippen molar-refractivity contribution in [3.63, 3.8) is 0 Å². The van der Waals surface area contributed by atoms with E-state index in [0.29, 0.717) is 29.9 Å². The number of rotatable bonds is 2. The summed E-state index contributed by atoms with van der Waals surface area (Å²) in [4.78, 5) is 21.9. The van der Waals surface area contributed by atoms with Gasteiger partial charge >= 0.3 is 5.97 Å². The van der Waals surface area contributed by atoms with Gasteiger partial charge in [0, 0.05) is 5.57 Å². The second-order valence-electron chi connectivity index (χ2n) is 5.15. The van der Waals surface area contributed by atoms with E-state index in [-0.39, 0.29) is 18.2 Å². The Morgan fingerprint density at radius 1 is 1.38 bits per heavy atom. The Morgan fingerprint density at radius 3 is 2.94 bits per heavy atom. The molecular formula is C12H16O4. The van der Waals surface area contributed by atoms with Crippen LogP contribution >= 0.6 is 0 Å². The van der Waals surface area contributed by atoms with Gasteiger partial charge in [-0.2, -0.15) is 0 Å².